The Kier molecular flexibility index (Phi) is 4.31. The number of benzene rings is 1. The lowest BCUT2D eigenvalue weighted by molar-refractivity contribution is 0.0949. The summed E-state index contributed by atoms with van der Waals surface area (Å²) in [6.07, 6.45) is 1.60. The van der Waals surface area contributed by atoms with Gasteiger partial charge >= 0.3 is 0 Å². The fraction of sp³-hybridized carbons (Fsp3) is 0.143. The summed E-state index contributed by atoms with van der Waals surface area (Å²) < 4.78 is 5.30. The highest BCUT2D eigenvalue weighted by molar-refractivity contribution is 7.15. The smallest absolute Gasteiger partial charge is 0.252 e. The van der Waals surface area contributed by atoms with E-state index in [2.05, 4.69) is 18.3 Å². The normalized spacial score (nSPS) is 11.0. The molecule has 0 aliphatic carbocycles. The van der Waals surface area contributed by atoms with Gasteiger partial charge in [0.1, 0.15) is 5.76 Å². The third kappa shape index (κ3) is 3.26. The van der Waals surface area contributed by atoms with Gasteiger partial charge in [0.25, 0.3) is 5.91 Å². The molecule has 3 aromatic heterocycles. The molecule has 4 rings (SSSR count). The molecule has 0 fully saturated rings. The van der Waals surface area contributed by atoms with Crippen LogP contribution in [0.1, 0.15) is 26.6 Å². The molecule has 1 amide bonds. The average Bonchev–Trinajstić information content (AvgIpc) is 3.30. The summed E-state index contributed by atoms with van der Waals surface area (Å²) >= 11 is 1.68. The van der Waals surface area contributed by atoms with Crippen LogP contribution in [-0.2, 0) is 6.54 Å². The van der Waals surface area contributed by atoms with E-state index in [9.17, 15) is 4.79 Å². The minimum Gasteiger partial charge on any atom is -0.467 e. The van der Waals surface area contributed by atoms with Crippen molar-refractivity contribution in [3.63, 3.8) is 0 Å². The molecule has 1 N–H and O–H groups in total. The molecule has 26 heavy (non-hydrogen) atoms. The lowest BCUT2D eigenvalue weighted by Crippen LogP contribution is -2.23. The number of hydrogen-bond donors (Lipinski definition) is 1. The van der Waals surface area contributed by atoms with Crippen molar-refractivity contribution in [3.8, 4) is 10.6 Å². The van der Waals surface area contributed by atoms with Gasteiger partial charge in [0.2, 0.25) is 0 Å². The minimum atomic E-state index is -0.131. The topological polar surface area (TPSA) is 55.1 Å². The molecule has 0 radical (unpaired) electrons. The first-order valence-electron chi connectivity index (χ1n) is 8.39. The zero-order chi connectivity index (χ0) is 18.1. The molecule has 0 saturated carbocycles. The molecule has 0 aliphatic rings. The molecule has 3 heterocycles. The highest BCUT2D eigenvalue weighted by Crippen LogP contribution is 2.30. The van der Waals surface area contributed by atoms with Gasteiger partial charge in [0.05, 0.1) is 34.5 Å². The van der Waals surface area contributed by atoms with Crippen molar-refractivity contribution >= 4 is 28.1 Å². The van der Waals surface area contributed by atoms with E-state index in [1.54, 1.807) is 17.6 Å². The second-order valence-electron chi connectivity index (χ2n) is 6.25. The fourth-order valence-electron chi connectivity index (χ4n) is 2.90. The zero-order valence-corrected chi connectivity index (χ0v) is 15.4. The van der Waals surface area contributed by atoms with Crippen LogP contribution in [0.3, 0.4) is 0 Å². The monoisotopic (exact) mass is 362 g/mol. The van der Waals surface area contributed by atoms with E-state index in [4.69, 9.17) is 9.40 Å². The van der Waals surface area contributed by atoms with E-state index in [0.717, 1.165) is 32.8 Å². The number of thiophene rings is 1. The summed E-state index contributed by atoms with van der Waals surface area (Å²) in [4.78, 5) is 19.9. The number of rotatable bonds is 4. The summed E-state index contributed by atoms with van der Waals surface area (Å²) in [5, 5.41) is 3.80. The van der Waals surface area contributed by atoms with Gasteiger partial charge in [-0.2, -0.15) is 0 Å². The van der Waals surface area contributed by atoms with Crippen molar-refractivity contribution in [1.82, 2.24) is 10.3 Å². The predicted molar refractivity (Wildman–Crippen MR) is 104 cm³/mol. The number of pyridine rings is 1. The number of hydrogen-bond acceptors (Lipinski definition) is 4. The lowest BCUT2D eigenvalue weighted by atomic mass is 10.0. The number of fused-ring (bicyclic) bond motifs is 1. The molecule has 0 atom stereocenters. The number of nitrogens with one attached hydrogen (secondary N) is 1. The second kappa shape index (κ2) is 6.77. The SMILES string of the molecule is Cc1ccc2nc(-c3ccc(C)s3)cc(C(=O)NCc3ccco3)c2c1. The molecule has 5 heteroatoms. The number of nitrogens with zero attached hydrogens (tertiary/aromatic N) is 1. The van der Waals surface area contributed by atoms with Gasteiger partial charge in [-0.3, -0.25) is 4.79 Å². The van der Waals surface area contributed by atoms with E-state index in [-0.39, 0.29) is 5.91 Å². The Morgan fingerprint density at radius 3 is 2.77 bits per heavy atom. The van der Waals surface area contributed by atoms with Crippen LogP contribution in [0.5, 0.6) is 0 Å². The first-order chi connectivity index (χ1) is 12.6. The van der Waals surface area contributed by atoms with Crippen molar-refractivity contribution in [3.05, 3.63) is 76.6 Å². The number of amides is 1. The van der Waals surface area contributed by atoms with E-state index < -0.39 is 0 Å². The Morgan fingerprint density at radius 1 is 1.15 bits per heavy atom. The lowest BCUT2D eigenvalue weighted by Gasteiger charge is -2.10. The Balaban J connectivity index is 1.77. The van der Waals surface area contributed by atoms with Crippen molar-refractivity contribution in [2.24, 2.45) is 0 Å². The first-order valence-corrected chi connectivity index (χ1v) is 9.20. The van der Waals surface area contributed by atoms with Gasteiger partial charge in [0, 0.05) is 10.3 Å². The Morgan fingerprint density at radius 2 is 2.04 bits per heavy atom. The first kappa shape index (κ1) is 16.5. The number of carbonyl (C=O) groups excluding carboxylic acids is 1. The van der Waals surface area contributed by atoms with Crippen molar-refractivity contribution in [1.29, 1.82) is 0 Å². The molecular weight excluding hydrogens is 344 g/mol. The van der Waals surface area contributed by atoms with Gasteiger partial charge in [-0.1, -0.05) is 11.6 Å². The standard InChI is InChI=1S/C21H18N2O2S/c1-13-5-7-18-16(10-13)17(21(24)22-12-15-4-3-9-25-15)11-19(23-18)20-8-6-14(2)26-20/h3-11H,12H2,1-2H3,(H,22,24). The summed E-state index contributed by atoms with van der Waals surface area (Å²) in [7, 11) is 0. The Labute approximate surface area is 155 Å². The molecule has 0 unspecified atom stereocenters. The van der Waals surface area contributed by atoms with Gasteiger partial charge in [-0.25, -0.2) is 4.98 Å². The summed E-state index contributed by atoms with van der Waals surface area (Å²) in [6.45, 7) is 4.44. The van der Waals surface area contributed by atoms with Crippen LogP contribution in [0.4, 0.5) is 0 Å². The van der Waals surface area contributed by atoms with Crippen molar-refractivity contribution in [2.45, 2.75) is 20.4 Å². The summed E-state index contributed by atoms with van der Waals surface area (Å²) in [5.41, 5.74) is 3.37. The molecule has 130 valence electrons. The number of carbonyl (C=O) groups is 1. The van der Waals surface area contributed by atoms with Gasteiger partial charge < -0.3 is 9.73 Å². The third-order valence-electron chi connectivity index (χ3n) is 4.20. The van der Waals surface area contributed by atoms with Crippen LogP contribution in [0.25, 0.3) is 21.5 Å². The van der Waals surface area contributed by atoms with E-state index >= 15 is 0 Å². The average molecular weight is 362 g/mol. The van der Waals surface area contributed by atoms with Crippen LogP contribution in [-0.4, -0.2) is 10.9 Å². The fourth-order valence-corrected chi connectivity index (χ4v) is 3.73. The summed E-state index contributed by atoms with van der Waals surface area (Å²) in [5.74, 6) is 0.593. The van der Waals surface area contributed by atoms with Crippen LogP contribution in [0.15, 0.2) is 59.2 Å². The Hall–Kier alpha value is -2.92. The number of aromatic nitrogens is 1. The Bertz CT molecular complexity index is 1080. The van der Waals surface area contributed by atoms with Crippen LogP contribution >= 0.6 is 11.3 Å². The number of aryl methyl sites for hydroxylation is 2. The summed E-state index contributed by atoms with van der Waals surface area (Å²) in [6, 6.07) is 15.6. The maximum Gasteiger partial charge on any atom is 0.252 e. The molecule has 0 saturated heterocycles. The minimum absolute atomic E-state index is 0.131. The van der Waals surface area contributed by atoms with Crippen LogP contribution in [0, 0.1) is 13.8 Å². The maximum atomic E-state index is 12.9. The molecule has 4 aromatic rings. The van der Waals surface area contributed by atoms with Crippen LogP contribution in [0.2, 0.25) is 0 Å². The van der Waals surface area contributed by atoms with Gasteiger partial charge in [-0.05, 0) is 56.3 Å². The predicted octanol–water partition coefficient (Wildman–Crippen LogP) is 5.10. The molecular formula is C21H18N2O2S. The van der Waals surface area contributed by atoms with Gasteiger partial charge in [-0.15, -0.1) is 11.3 Å². The molecule has 1 aromatic carbocycles. The third-order valence-corrected chi connectivity index (χ3v) is 5.23. The van der Waals surface area contributed by atoms with E-state index in [1.165, 1.54) is 4.88 Å². The van der Waals surface area contributed by atoms with Gasteiger partial charge in [0.15, 0.2) is 0 Å². The van der Waals surface area contributed by atoms with Crippen LogP contribution < -0.4 is 5.32 Å². The van der Waals surface area contributed by atoms with E-state index in [0.29, 0.717) is 12.1 Å². The molecule has 4 nitrogen and oxygen atoms in total. The molecule has 0 bridgehead atoms. The number of furan rings is 1. The highest BCUT2D eigenvalue weighted by atomic mass is 32.1. The quantitative estimate of drug-likeness (QED) is 0.549. The van der Waals surface area contributed by atoms with Crippen molar-refractivity contribution < 1.29 is 9.21 Å². The highest BCUT2D eigenvalue weighted by Gasteiger charge is 2.15. The largest absolute Gasteiger partial charge is 0.467 e. The molecule has 0 aliphatic heterocycles. The maximum absolute atomic E-state index is 12.9. The van der Waals surface area contributed by atoms with E-state index in [1.807, 2.05) is 49.4 Å². The second-order valence-corrected chi connectivity index (χ2v) is 7.54. The van der Waals surface area contributed by atoms with Crippen molar-refractivity contribution in [2.75, 3.05) is 0 Å². The molecule has 0 spiro atoms. The zero-order valence-electron chi connectivity index (χ0n) is 14.6.